The van der Waals surface area contributed by atoms with Crippen LogP contribution < -0.4 is 9.47 Å². The van der Waals surface area contributed by atoms with Gasteiger partial charge in [0.15, 0.2) is 17.2 Å². The first-order chi connectivity index (χ1) is 12.3. The molecule has 4 heteroatoms. The van der Waals surface area contributed by atoms with Crippen molar-refractivity contribution in [3.8, 4) is 34.3 Å². The number of hydrogen-bond acceptors (Lipinski definition) is 3. The lowest BCUT2D eigenvalue weighted by Gasteiger charge is -2.22. The number of rotatable bonds is 1. The molecule has 2 heterocycles. The predicted molar refractivity (Wildman–Crippen MR) is 101 cm³/mol. The third kappa shape index (κ3) is 2.37. The molecule has 4 aromatic rings. The van der Waals surface area contributed by atoms with Gasteiger partial charge in [0.2, 0.25) is 0 Å². The van der Waals surface area contributed by atoms with E-state index in [-0.39, 0.29) is 0 Å². The first-order valence-electron chi connectivity index (χ1n) is 7.92. The summed E-state index contributed by atoms with van der Waals surface area (Å²) < 4.78 is 13.1. The molecule has 0 aliphatic carbocycles. The van der Waals surface area contributed by atoms with Gasteiger partial charge in [-0.25, -0.2) is 4.98 Å². The monoisotopic (exact) mass is 389 g/mol. The molecule has 0 N–H and O–H groups in total. The lowest BCUT2D eigenvalue weighted by Crippen LogP contribution is -2.02. The summed E-state index contributed by atoms with van der Waals surface area (Å²) in [6.07, 6.45) is 1.80. The highest BCUT2D eigenvalue weighted by Crippen LogP contribution is 2.49. The molecule has 0 fully saturated rings. The largest absolute Gasteiger partial charge is 0.447 e. The summed E-state index contributed by atoms with van der Waals surface area (Å²) in [4.78, 5) is 4.39. The van der Waals surface area contributed by atoms with Crippen LogP contribution in [0.15, 0.2) is 77.4 Å². The standard InChI is InChI=1S/C21H12BrNO2/c22-17-11-19-18(10-16(17)13-6-2-1-3-7-13)24-20-15-9-5-4-8-14(15)12-23-21(20)25-19/h1-12H. The summed E-state index contributed by atoms with van der Waals surface area (Å²) in [7, 11) is 0. The van der Waals surface area contributed by atoms with Crippen LogP contribution in [0.25, 0.3) is 21.9 Å². The van der Waals surface area contributed by atoms with Crippen molar-refractivity contribution in [2.45, 2.75) is 0 Å². The van der Waals surface area contributed by atoms with Gasteiger partial charge in [-0.3, -0.25) is 0 Å². The average molecular weight is 390 g/mol. The molecule has 0 saturated carbocycles. The second kappa shape index (κ2) is 5.60. The zero-order chi connectivity index (χ0) is 16.8. The minimum absolute atomic E-state index is 0.491. The number of halogens is 1. The lowest BCUT2D eigenvalue weighted by atomic mass is 10.0. The highest BCUT2D eigenvalue weighted by atomic mass is 79.9. The molecule has 3 nitrogen and oxygen atoms in total. The van der Waals surface area contributed by atoms with Crippen molar-refractivity contribution in [3.05, 3.63) is 77.4 Å². The Morgan fingerprint density at radius 3 is 2.44 bits per heavy atom. The average Bonchev–Trinajstić information content (AvgIpc) is 2.66. The van der Waals surface area contributed by atoms with E-state index in [1.54, 1.807) is 6.20 Å². The fourth-order valence-corrected chi connectivity index (χ4v) is 3.59. The number of nitrogens with zero attached hydrogens (tertiary/aromatic N) is 1. The molecule has 0 spiro atoms. The zero-order valence-corrected chi connectivity index (χ0v) is 14.7. The van der Waals surface area contributed by atoms with Gasteiger partial charge in [0.1, 0.15) is 0 Å². The fourth-order valence-electron chi connectivity index (χ4n) is 3.04. The molecule has 0 amide bonds. The van der Waals surface area contributed by atoms with E-state index < -0.39 is 0 Å². The van der Waals surface area contributed by atoms with Crippen molar-refractivity contribution < 1.29 is 9.47 Å². The molecule has 1 aromatic heterocycles. The number of hydrogen-bond donors (Lipinski definition) is 0. The molecular formula is C21H12BrNO2. The topological polar surface area (TPSA) is 31.4 Å². The Bertz CT molecular complexity index is 1110. The van der Waals surface area contributed by atoms with Crippen LogP contribution in [0.4, 0.5) is 0 Å². The zero-order valence-electron chi connectivity index (χ0n) is 13.1. The van der Waals surface area contributed by atoms with Gasteiger partial charge in [0.05, 0.1) is 0 Å². The van der Waals surface area contributed by atoms with Crippen LogP contribution in [0, 0.1) is 0 Å². The second-order valence-electron chi connectivity index (χ2n) is 5.83. The Balaban J connectivity index is 1.67. The Morgan fingerprint density at radius 2 is 1.56 bits per heavy atom. The van der Waals surface area contributed by atoms with Gasteiger partial charge in [-0.15, -0.1) is 0 Å². The number of ether oxygens (including phenoxy) is 2. The normalized spacial score (nSPS) is 12.0. The molecule has 5 rings (SSSR count). The molecular weight excluding hydrogens is 378 g/mol. The maximum absolute atomic E-state index is 6.20. The molecule has 0 bridgehead atoms. The second-order valence-corrected chi connectivity index (χ2v) is 6.68. The quantitative estimate of drug-likeness (QED) is 0.325. The highest BCUT2D eigenvalue weighted by molar-refractivity contribution is 9.10. The molecule has 1 aliphatic heterocycles. The SMILES string of the molecule is Brc1cc2c(cc1-c1ccccc1)Oc1c(ncc3ccccc13)O2. The molecule has 3 aromatic carbocycles. The predicted octanol–water partition coefficient (Wildman–Crippen LogP) is 6.56. The van der Waals surface area contributed by atoms with Gasteiger partial charge in [-0.2, -0.15) is 0 Å². The molecule has 0 atom stereocenters. The Kier molecular flexibility index (Phi) is 3.25. The maximum atomic E-state index is 6.20. The van der Waals surface area contributed by atoms with E-state index in [4.69, 9.17) is 9.47 Å². The molecule has 120 valence electrons. The summed E-state index contributed by atoms with van der Waals surface area (Å²) in [5.41, 5.74) is 2.17. The summed E-state index contributed by atoms with van der Waals surface area (Å²) in [5, 5.41) is 2.01. The van der Waals surface area contributed by atoms with Crippen molar-refractivity contribution in [2.75, 3.05) is 0 Å². The van der Waals surface area contributed by atoms with E-state index in [1.807, 2.05) is 54.6 Å². The highest BCUT2D eigenvalue weighted by Gasteiger charge is 2.24. The van der Waals surface area contributed by atoms with Crippen molar-refractivity contribution >= 4 is 26.7 Å². The van der Waals surface area contributed by atoms with E-state index in [1.165, 1.54) is 0 Å². The minimum atomic E-state index is 0.491. The number of fused-ring (bicyclic) bond motifs is 4. The first kappa shape index (κ1) is 14.5. The van der Waals surface area contributed by atoms with Crippen LogP contribution >= 0.6 is 15.9 Å². The lowest BCUT2D eigenvalue weighted by molar-refractivity contribution is 0.351. The van der Waals surface area contributed by atoms with Gasteiger partial charge in [0.25, 0.3) is 5.88 Å². The van der Waals surface area contributed by atoms with Crippen molar-refractivity contribution in [1.82, 2.24) is 4.98 Å². The van der Waals surface area contributed by atoms with Crippen molar-refractivity contribution in [1.29, 1.82) is 0 Å². The number of pyridine rings is 1. The third-order valence-corrected chi connectivity index (χ3v) is 4.91. The molecule has 25 heavy (non-hydrogen) atoms. The summed E-state index contributed by atoms with van der Waals surface area (Å²) in [6.45, 7) is 0. The van der Waals surface area contributed by atoms with E-state index in [0.717, 1.165) is 26.4 Å². The van der Waals surface area contributed by atoms with Crippen LogP contribution in [0.5, 0.6) is 23.1 Å². The Labute approximate surface area is 153 Å². The number of aromatic nitrogens is 1. The van der Waals surface area contributed by atoms with Gasteiger partial charge < -0.3 is 9.47 Å². The van der Waals surface area contributed by atoms with Gasteiger partial charge in [-0.1, -0.05) is 70.5 Å². The van der Waals surface area contributed by atoms with E-state index >= 15 is 0 Å². The van der Waals surface area contributed by atoms with Crippen molar-refractivity contribution in [3.63, 3.8) is 0 Å². The van der Waals surface area contributed by atoms with Gasteiger partial charge >= 0.3 is 0 Å². The van der Waals surface area contributed by atoms with Crippen molar-refractivity contribution in [2.24, 2.45) is 0 Å². The third-order valence-electron chi connectivity index (χ3n) is 4.26. The first-order valence-corrected chi connectivity index (χ1v) is 8.71. The van der Waals surface area contributed by atoms with Crippen LogP contribution in [0.2, 0.25) is 0 Å². The smallest absolute Gasteiger partial charge is 0.263 e. The van der Waals surface area contributed by atoms with Crippen LogP contribution in [0.3, 0.4) is 0 Å². The van der Waals surface area contributed by atoms with E-state index in [0.29, 0.717) is 23.1 Å². The number of benzene rings is 3. The molecule has 0 radical (unpaired) electrons. The molecule has 0 unspecified atom stereocenters. The summed E-state index contributed by atoms with van der Waals surface area (Å²) >= 11 is 3.64. The van der Waals surface area contributed by atoms with Crippen LogP contribution in [0.1, 0.15) is 0 Å². The van der Waals surface area contributed by atoms with Crippen LogP contribution in [-0.2, 0) is 0 Å². The maximum Gasteiger partial charge on any atom is 0.263 e. The fraction of sp³-hybridized carbons (Fsp3) is 0. The van der Waals surface area contributed by atoms with Crippen LogP contribution in [-0.4, -0.2) is 4.98 Å². The molecule has 1 aliphatic rings. The van der Waals surface area contributed by atoms with E-state index in [9.17, 15) is 0 Å². The molecule has 0 saturated heterocycles. The van der Waals surface area contributed by atoms with Gasteiger partial charge in [-0.05, 0) is 23.3 Å². The Hall–Kier alpha value is -2.85. The minimum Gasteiger partial charge on any atom is -0.447 e. The van der Waals surface area contributed by atoms with Gasteiger partial charge in [0, 0.05) is 21.4 Å². The summed E-state index contributed by atoms with van der Waals surface area (Å²) in [5.74, 6) is 2.49. The van der Waals surface area contributed by atoms with E-state index in [2.05, 4.69) is 33.0 Å². The Morgan fingerprint density at radius 1 is 0.800 bits per heavy atom. The summed E-state index contributed by atoms with van der Waals surface area (Å²) in [6, 6.07) is 22.1.